The van der Waals surface area contributed by atoms with Gasteiger partial charge in [0.25, 0.3) is 5.56 Å². The highest BCUT2D eigenvalue weighted by molar-refractivity contribution is 5.89. The van der Waals surface area contributed by atoms with Gasteiger partial charge in [-0.3, -0.25) is 4.79 Å². The lowest BCUT2D eigenvalue weighted by atomic mass is 9.85. The number of pyridine rings is 2. The number of esters is 1. The highest BCUT2D eigenvalue weighted by Crippen LogP contribution is 2.41. The first-order valence-electron chi connectivity index (χ1n) is 10.2. The summed E-state index contributed by atoms with van der Waals surface area (Å²) in [5, 5.41) is 11.1. The lowest BCUT2D eigenvalue weighted by molar-refractivity contribution is -0.176. The zero-order valence-corrected chi connectivity index (χ0v) is 17.4. The summed E-state index contributed by atoms with van der Waals surface area (Å²) in [6.07, 6.45) is 2.60. The first-order valence-corrected chi connectivity index (χ1v) is 10.2. The van der Waals surface area contributed by atoms with Crippen LogP contribution in [0, 0.1) is 0 Å². The summed E-state index contributed by atoms with van der Waals surface area (Å²) < 4.78 is 12.6. The Labute approximate surface area is 178 Å². The van der Waals surface area contributed by atoms with Gasteiger partial charge in [0.15, 0.2) is 5.60 Å². The average Bonchev–Trinajstić information content (AvgIpc) is 3.13. The smallest absolute Gasteiger partial charge is 0.343 e. The van der Waals surface area contributed by atoms with Crippen LogP contribution < -0.4 is 5.56 Å². The van der Waals surface area contributed by atoms with Crippen LogP contribution in [0.1, 0.15) is 35.6 Å². The Hall–Kier alpha value is -3.45. The number of cyclic esters (lactones) is 1. The molecule has 5 rings (SSSR count). The van der Waals surface area contributed by atoms with Gasteiger partial charge in [-0.15, -0.1) is 6.58 Å². The number of carbonyl (C=O) groups excluding carboxylic acids is 1. The third-order valence-electron chi connectivity index (χ3n) is 6.44. The second kappa shape index (κ2) is 6.78. The Balaban J connectivity index is 1.78. The maximum Gasteiger partial charge on any atom is 0.343 e. The van der Waals surface area contributed by atoms with E-state index >= 15 is 0 Å². The van der Waals surface area contributed by atoms with Crippen LogP contribution in [0.25, 0.3) is 22.3 Å². The van der Waals surface area contributed by atoms with Crippen molar-refractivity contribution in [2.24, 2.45) is 0 Å². The minimum atomic E-state index is -1.30. The van der Waals surface area contributed by atoms with Crippen molar-refractivity contribution in [3.8, 4) is 17.1 Å². The number of aromatic nitrogens is 2. The number of aromatic hydroxyl groups is 1. The maximum absolute atomic E-state index is 13.4. The molecule has 0 saturated heterocycles. The molecule has 2 aromatic heterocycles. The third kappa shape index (κ3) is 2.53. The first kappa shape index (κ1) is 19.5. The second-order valence-electron chi connectivity index (χ2n) is 7.89. The predicted octanol–water partition coefficient (Wildman–Crippen LogP) is 3.17. The number of allylic oxidation sites excluding steroid dienone is 1. The molecule has 2 aliphatic heterocycles. The molecule has 0 spiro atoms. The molecule has 0 saturated carbocycles. The Morgan fingerprint density at radius 2 is 2.16 bits per heavy atom. The summed E-state index contributed by atoms with van der Waals surface area (Å²) in [7, 11) is 1.46. The van der Waals surface area contributed by atoms with E-state index in [1.807, 2.05) is 19.1 Å². The zero-order chi connectivity index (χ0) is 21.9. The van der Waals surface area contributed by atoms with Gasteiger partial charge in [-0.2, -0.15) is 0 Å². The van der Waals surface area contributed by atoms with E-state index in [0.717, 1.165) is 22.0 Å². The van der Waals surface area contributed by atoms with Gasteiger partial charge in [0.1, 0.15) is 12.4 Å². The first-order chi connectivity index (χ1) is 14.9. The van der Waals surface area contributed by atoms with E-state index in [0.29, 0.717) is 41.9 Å². The van der Waals surface area contributed by atoms with E-state index in [4.69, 9.17) is 14.5 Å². The van der Waals surface area contributed by atoms with Gasteiger partial charge in [0.05, 0.1) is 29.0 Å². The Kier molecular flexibility index (Phi) is 4.27. The highest BCUT2D eigenvalue weighted by atomic mass is 16.6. The van der Waals surface area contributed by atoms with Gasteiger partial charge in [0, 0.05) is 29.2 Å². The van der Waals surface area contributed by atoms with E-state index in [1.165, 1.54) is 7.11 Å². The van der Waals surface area contributed by atoms with Gasteiger partial charge >= 0.3 is 5.97 Å². The predicted molar refractivity (Wildman–Crippen MR) is 115 cm³/mol. The minimum Gasteiger partial charge on any atom is -0.508 e. The number of phenolic OH excluding ortho intramolecular Hbond substituents is 1. The van der Waals surface area contributed by atoms with Crippen LogP contribution in [0.5, 0.6) is 5.75 Å². The molecule has 7 nitrogen and oxygen atoms in total. The van der Waals surface area contributed by atoms with Gasteiger partial charge in [-0.05, 0) is 37.1 Å². The fraction of sp³-hybridized carbons (Fsp3) is 0.292. The number of nitrogens with zero attached hydrogens (tertiary/aromatic N) is 2. The second-order valence-corrected chi connectivity index (χ2v) is 7.89. The average molecular weight is 418 g/mol. The molecule has 31 heavy (non-hydrogen) atoms. The molecular formula is C24H22N2O5. The van der Waals surface area contributed by atoms with Crippen molar-refractivity contribution in [2.75, 3.05) is 7.11 Å². The summed E-state index contributed by atoms with van der Waals surface area (Å²) in [6, 6.07) is 7.21. The number of hydrogen-bond donors (Lipinski definition) is 1. The van der Waals surface area contributed by atoms with Crippen molar-refractivity contribution in [3.05, 3.63) is 69.5 Å². The summed E-state index contributed by atoms with van der Waals surface area (Å²) in [5.41, 5.74) is 3.21. The van der Waals surface area contributed by atoms with Crippen LogP contribution in [0.2, 0.25) is 0 Å². The molecule has 1 atom stereocenters. The molecule has 7 heteroatoms. The molecule has 0 fully saturated rings. The lowest BCUT2D eigenvalue weighted by Gasteiger charge is -2.35. The number of hydrogen-bond acceptors (Lipinski definition) is 6. The highest BCUT2D eigenvalue weighted by Gasteiger charge is 2.47. The molecule has 3 aromatic rings. The molecule has 1 aromatic carbocycles. The van der Waals surface area contributed by atoms with Crippen molar-refractivity contribution in [1.29, 1.82) is 0 Å². The molecule has 2 aliphatic rings. The minimum absolute atomic E-state index is 0.0680. The lowest BCUT2D eigenvalue weighted by Crippen LogP contribution is -2.45. The number of ether oxygens (including phenoxy) is 2. The van der Waals surface area contributed by atoms with E-state index in [9.17, 15) is 14.7 Å². The molecule has 0 amide bonds. The standard InChI is InChI=1S/C24H22N2O5/c1-4-6-14-15-9-13-11-26-19(21(13)25-18(15)7-8-20(14)27)10-17-16(22(26)28)12-31-23(29)24(17,5-2)30-3/h4,7-10,27H,1,5-6,11-12H2,2-3H3/t24-/m0/s1. The summed E-state index contributed by atoms with van der Waals surface area (Å²) in [6.45, 7) is 5.90. The Morgan fingerprint density at radius 1 is 1.35 bits per heavy atom. The molecule has 0 aliphatic carbocycles. The number of benzene rings is 1. The summed E-state index contributed by atoms with van der Waals surface area (Å²) in [4.78, 5) is 30.8. The SMILES string of the molecule is C=CCc1c(O)ccc2nc3c(cc12)Cn1c-3cc2c(c1=O)COC(=O)[C@@]2(CC)OC. The topological polar surface area (TPSA) is 90.7 Å². The van der Waals surface area contributed by atoms with Crippen LogP contribution in [0.15, 0.2) is 41.7 Å². The third-order valence-corrected chi connectivity index (χ3v) is 6.44. The van der Waals surface area contributed by atoms with E-state index < -0.39 is 11.6 Å². The van der Waals surface area contributed by atoms with Crippen molar-refractivity contribution in [3.63, 3.8) is 0 Å². The van der Waals surface area contributed by atoms with Crippen molar-refractivity contribution in [1.82, 2.24) is 9.55 Å². The van der Waals surface area contributed by atoms with E-state index in [2.05, 4.69) is 6.58 Å². The number of phenols is 1. The van der Waals surface area contributed by atoms with Crippen LogP contribution in [0.3, 0.4) is 0 Å². The van der Waals surface area contributed by atoms with Crippen LogP contribution in [-0.2, 0) is 39.4 Å². The number of rotatable bonds is 4. The van der Waals surface area contributed by atoms with Crippen LogP contribution >= 0.6 is 0 Å². The Bertz CT molecular complexity index is 1330. The number of fused-ring (bicyclic) bond motifs is 5. The van der Waals surface area contributed by atoms with Gasteiger partial charge < -0.3 is 19.1 Å². The summed E-state index contributed by atoms with van der Waals surface area (Å²) in [5.74, 6) is -0.288. The Morgan fingerprint density at radius 3 is 2.87 bits per heavy atom. The number of carbonyl (C=O) groups is 1. The monoisotopic (exact) mass is 418 g/mol. The molecular weight excluding hydrogens is 396 g/mol. The van der Waals surface area contributed by atoms with Crippen LogP contribution in [0.4, 0.5) is 0 Å². The van der Waals surface area contributed by atoms with Gasteiger partial charge in [0.2, 0.25) is 0 Å². The van der Waals surface area contributed by atoms with Crippen molar-refractivity contribution >= 4 is 16.9 Å². The molecule has 0 unspecified atom stereocenters. The molecule has 4 heterocycles. The van der Waals surface area contributed by atoms with E-state index in [1.54, 1.807) is 22.8 Å². The van der Waals surface area contributed by atoms with Gasteiger partial charge in [-0.25, -0.2) is 9.78 Å². The molecule has 158 valence electrons. The fourth-order valence-electron chi connectivity index (χ4n) is 4.78. The molecule has 0 radical (unpaired) electrons. The normalized spacial score (nSPS) is 19.0. The maximum atomic E-state index is 13.4. The quantitative estimate of drug-likeness (QED) is 0.404. The van der Waals surface area contributed by atoms with Crippen molar-refractivity contribution < 1.29 is 19.4 Å². The van der Waals surface area contributed by atoms with Crippen molar-refractivity contribution in [2.45, 2.75) is 38.5 Å². The van der Waals surface area contributed by atoms with Gasteiger partial charge in [-0.1, -0.05) is 13.0 Å². The largest absolute Gasteiger partial charge is 0.508 e. The van der Waals surface area contributed by atoms with Crippen LogP contribution in [-0.4, -0.2) is 27.7 Å². The van der Waals surface area contributed by atoms with E-state index in [-0.39, 0.29) is 17.9 Å². The zero-order valence-electron chi connectivity index (χ0n) is 17.4. The molecule has 1 N–H and O–H groups in total. The molecule has 0 bridgehead atoms. The number of methoxy groups -OCH3 is 1. The summed E-state index contributed by atoms with van der Waals surface area (Å²) >= 11 is 0. The fourth-order valence-corrected chi connectivity index (χ4v) is 4.78.